The van der Waals surface area contributed by atoms with Gasteiger partial charge in [0.15, 0.2) is 5.11 Å². The van der Waals surface area contributed by atoms with Crippen LogP contribution in [0.4, 0.5) is 5.69 Å². The molecule has 9 heteroatoms. The van der Waals surface area contributed by atoms with Crippen LogP contribution in [0, 0.1) is 5.92 Å². The number of nitrogens with zero attached hydrogens (tertiary/aromatic N) is 2. The molecule has 1 aromatic heterocycles. The SMILES string of the molecule is CC(C)C/C(=N\NC(=S)NNC(=S)Nc1ccccc1Cl)c1ccccn1. The molecule has 0 radical (unpaired) electrons. The molecule has 0 amide bonds. The zero-order valence-corrected chi connectivity index (χ0v) is 17.4. The van der Waals surface area contributed by atoms with Gasteiger partial charge in [-0.15, -0.1) is 0 Å². The third-order valence-corrected chi connectivity index (χ3v) is 3.99. The molecule has 0 saturated heterocycles. The van der Waals surface area contributed by atoms with E-state index >= 15 is 0 Å². The van der Waals surface area contributed by atoms with Crippen molar-refractivity contribution in [1.82, 2.24) is 21.3 Å². The van der Waals surface area contributed by atoms with Crippen LogP contribution in [-0.4, -0.2) is 20.9 Å². The number of pyridine rings is 1. The average molecular weight is 421 g/mol. The molecule has 0 aliphatic carbocycles. The first-order chi connectivity index (χ1) is 13.0. The quantitative estimate of drug-likeness (QED) is 0.332. The summed E-state index contributed by atoms with van der Waals surface area (Å²) in [6, 6.07) is 13.0. The molecule has 4 N–H and O–H groups in total. The van der Waals surface area contributed by atoms with E-state index in [0.717, 1.165) is 17.8 Å². The summed E-state index contributed by atoms with van der Waals surface area (Å²) < 4.78 is 0. The van der Waals surface area contributed by atoms with E-state index in [1.807, 2.05) is 36.4 Å². The third-order valence-electron chi connectivity index (χ3n) is 3.27. The fourth-order valence-electron chi connectivity index (χ4n) is 2.10. The molecule has 2 rings (SSSR count). The standard InChI is InChI=1S/C18H21ClN6S2/c1-12(2)11-16(15-9-5-6-10-20-15)22-24-18(27)25-23-17(26)21-14-8-4-3-7-13(14)19/h3-10,12H,11H2,1-2H3,(H2,21,23,26)(H2,24,25,27)/b22-16+. The molecule has 0 fully saturated rings. The predicted octanol–water partition coefficient (Wildman–Crippen LogP) is 3.85. The number of aromatic nitrogens is 1. The van der Waals surface area contributed by atoms with Gasteiger partial charge in [0.25, 0.3) is 0 Å². The highest BCUT2D eigenvalue weighted by molar-refractivity contribution is 7.80. The number of benzene rings is 1. The summed E-state index contributed by atoms with van der Waals surface area (Å²) in [5.74, 6) is 0.430. The lowest BCUT2D eigenvalue weighted by atomic mass is 10.0. The number of hydrazine groups is 1. The second-order valence-electron chi connectivity index (χ2n) is 6.00. The topological polar surface area (TPSA) is 73.4 Å². The van der Waals surface area contributed by atoms with Crippen molar-refractivity contribution in [2.75, 3.05) is 5.32 Å². The first-order valence-corrected chi connectivity index (χ1v) is 9.50. The van der Waals surface area contributed by atoms with Crippen molar-refractivity contribution in [3.8, 4) is 0 Å². The summed E-state index contributed by atoms with van der Waals surface area (Å²) >= 11 is 16.5. The number of anilines is 1. The Morgan fingerprint density at radius 2 is 1.78 bits per heavy atom. The van der Waals surface area contributed by atoms with Gasteiger partial charge in [-0.05, 0) is 61.0 Å². The molecule has 1 aromatic carbocycles. The molecule has 0 bridgehead atoms. The minimum atomic E-state index is 0.274. The van der Waals surface area contributed by atoms with E-state index in [1.54, 1.807) is 12.3 Å². The molecule has 2 aromatic rings. The molecular weight excluding hydrogens is 400 g/mol. The second-order valence-corrected chi connectivity index (χ2v) is 7.22. The van der Waals surface area contributed by atoms with Crippen LogP contribution < -0.4 is 21.6 Å². The zero-order valence-electron chi connectivity index (χ0n) is 15.0. The van der Waals surface area contributed by atoms with Crippen molar-refractivity contribution in [1.29, 1.82) is 0 Å². The van der Waals surface area contributed by atoms with E-state index < -0.39 is 0 Å². The van der Waals surface area contributed by atoms with Gasteiger partial charge in [-0.2, -0.15) is 5.10 Å². The monoisotopic (exact) mass is 420 g/mol. The highest BCUT2D eigenvalue weighted by Gasteiger charge is 2.08. The second kappa shape index (κ2) is 10.8. The summed E-state index contributed by atoms with van der Waals surface area (Å²) in [5, 5.41) is 8.53. The van der Waals surface area contributed by atoms with E-state index in [4.69, 9.17) is 36.0 Å². The maximum absolute atomic E-state index is 6.08. The first-order valence-electron chi connectivity index (χ1n) is 8.31. The van der Waals surface area contributed by atoms with Crippen LogP contribution in [0.25, 0.3) is 0 Å². The van der Waals surface area contributed by atoms with Gasteiger partial charge in [-0.25, -0.2) is 0 Å². The summed E-state index contributed by atoms with van der Waals surface area (Å²) in [6.45, 7) is 4.24. The van der Waals surface area contributed by atoms with Crippen molar-refractivity contribution in [3.05, 3.63) is 59.4 Å². The summed E-state index contributed by atoms with van der Waals surface area (Å²) in [5.41, 5.74) is 10.7. The molecule has 0 saturated carbocycles. The fraction of sp³-hybridized carbons (Fsp3) is 0.222. The van der Waals surface area contributed by atoms with Crippen molar-refractivity contribution in [2.45, 2.75) is 20.3 Å². The molecule has 27 heavy (non-hydrogen) atoms. The summed E-state index contributed by atoms with van der Waals surface area (Å²) in [4.78, 5) is 4.35. The van der Waals surface area contributed by atoms with Gasteiger partial charge < -0.3 is 5.32 Å². The predicted molar refractivity (Wildman–Crippen MR) is 120 cm³/mol. The maximum atomic E-state index is 6.08. The number of para-hydroxylation sites is 1. The molecule has 0 atom stereocenters. The molecule has 0 aliphatic heterocycles. The van der Waals surface area contributed by atoms with Gasteiger partial charge in [0.05, 0.1) is 22.1 Å². The van der Waals surface area contributed by atoms with Crippen LogP contribution >= 0.6 is 36.0 Å². The molecule has 0 aliphatic rings. The number of halogens is 1. The molecule has 0 unspecified atom stereocenters. The van der Waals surface area contributed by atoms with Gasteiger partial charge in [-0.1, -0.05) is 43.6 Å². The Labute approximate surface area is 174 Å². The minimum absolute atomic E-state index is 0.274. The van der Waals surface area contributed by atoms with E-state index in [9.17, 15) is 0 Å². The Bertz CT molecular complexity index is 811. The minimum Gasteiger partial charge on any atom is -0.330 e. The van der Waals surface area contributed by atoms with E-state index in [2.05, 4.69) is 45.5 Å². The lowest BCUT2D eigenvalue weighted by Crippen LogP contribution is -2.47. The first kappa shape index (κ1) is 21.0. The molecule has 0 spiro atoms. The highest BCUT2D eigenvalue weighted by atomic mass is 35.5. The van der Waals surface area contributed by atoms with Crippen LogP contribution in [0.5, 0.6) is 0 Å². The normalized spacial score (nSPS) is 11.0. The Balaban J connectivity index is 1.88. The maximum Gasteiger partial charge on any atom is 0.205 e. The highest BCUT2D eigenvalue weighted by Crippen LogP contribution is 2.19. The van der Waals surface area contributed by atoms with E-state index in [-0.39, 0.29) is 5.11 Å². The number of rotatable bonds is 5. The van der Waals surface area contributed by atoms with E-state index in [1.165, 1.54) is 0 Å². The van der Waals surface area contributed by atoms with Crippen molar-refractivity contribution in [2.24, 2.45) is 11.0 Å². The van der Waals surface area contributed by atoms with Crippen LogP contribution in [0.15, 0.2) is 53.8 Å². The summed E-state index contributed by atoms with van der Waals surface area (Å²) in [7, 11) is 0. The molecule has 142 valence electrons. The van der Waals surface area contributed by atoms with Gasteiger partial charge >= 0.3 is 0 Å². The largest absolute Gasteiger partial charge is 0.330 e. The van der Waals surface area contributed by atoms with Gasteiger partial charge in [0.1, 0.15) is 0 Å². The fourth-order valence-corrected chi connectivity index (χ4v) is 2.54. The third kappa shape index (κ3) is 7.46. The zero-order chi connectivity index (χ0) is 19.6. The Morgan fingerprint density at radius 3 is 2.44 bits per heavy atom. The Kier molecular flexibility index (Phi) is 8.38. The lowest BCUT2D eigenvalue weighted by Gasteiger charge is -2.14. The molecule has 6 nitrogen and oxygen atoms in total. The molecule has 1 heterocycles. The van der Waals surface area contributed by atoms with Crippen LogP contribution in [0.2, 0.25) is 5.02 Å². The van der Waals surface area contributed by atoms with Crippen molar-refractivity contribution >= 4 is 57.7 Å². The van der Waals surface area contributed by atoms with Crippen molar-refractivity contribution in [3.63, 3.8) is 0 Å². The van der Waals surface area contributed by atoms with Crippen LogP contribution in [0.3, 0.4) is 0 Å². The van der Waals surface area contributed by atoms with Gasteiger partial charge in [-0.3, -0.25) is 21.3 Å². The smallest absolute Gasteiger partial charge is 0.205 e. The lowest BCUT2D eigenvalue weighted by molar-refractivity contribution is 0.679. The average Bonchev–Trinajstić information content (AvgIpc) is 2.65. The van der Waals surface area contributed by atoms with Gasteiger partial charge in [0, 0.05) is 6.20 Å². The Hall–Kier alpha value is -2.29. The Morgan fingerprint density at radius 1 is 1.07 bits per heavy atom. The van der Waals surface area contributed by atoms with E-state index in [0.29, 0.717) is 21.7 Å². The van der Waals surface area contributed by atoms with Gasteiger partial charge in [0.2, 0.25) is 5.11 Å². The number of thiocarbonyl (C=S) groups is 2. The number of nitrogens with one attached hydrogen (secondary N) is 4. The summed E-state index contributed by atoms with van der Waals surface area (Å²) in [6.07, 6.45) is 2.51. The molecular formula is C18H21ClN6S2. The van der Waals surface area contributed by atoms with Crippen LogP contribution in [-0.2, 0) is 0 Å². The van der Waals surface area contributed by atoms with Crippen molar-refractivity contribution < 1.29 is 0 Å². The number of hydrogen-bond donors (Lipinski definition) is 4. The number of hydrogen-bond acceptors (Lipinski definition) is 4. The number of hydrazone groups is 1. The van der Waals surface area contributed by atoms with Crippen LogP contribution in [0.1, 0.15) is 26.0 Å².